The first kappa shape index (κ1) is 20.3. The van der Waals surface area contributed by atoms with Gasteiger partial charge in [0.2, 0.25) is 3.79 Å². The van der Waals surface area contributed by atoms with Gasteiger partial charge in [-0.15, -0.1) is 0 Å². The first-order chi connectivity index (χ1) is 12.1. The summed E-state index contributed by atoms with van der Waals surface area (Å²) >= 11 is 18.0. The summed E-state index contributed by atoms with van der Waals surface area (Å²) in [6, 6.07) is 11.2. The third kappa shape index (κ3) is 5.00. The molecule has 9 heteroatoms. The number of nitrogens with one attached hydrogen (secondary N) is 2. The Morgan fingerprint density at radius 2 is 1.81 bits per heavy atom. The highest BCUT2D eigenvalue weighted by Crippen LogP contribution is 2.32. The second-order valence-electron chi connectivity index (χ2n) is 5.69. The lowest BCUT2D eigenvalue weighted by Crippen LogP contribution is -2.49. The van der Waals surface area contributed by atoms with E-state index in [0.29, 0.717) is 5.69 Å². The van der Waals surface area contributed by atoms with E-state index in [0.717, 1.165) is 11.1 Å². The predicted octanol–water partition coefficient (Wildman–Crippen LogP) is 4.75. The molecule has 0 fully saturated rings. The molecule has 0 radical (unpaired) electrons. The van der Waals surface area contributed by atoms with Gasteiger partial charge < -0.3 is 10.6 Å². The number of carbonyl (C=O) groups is 1. The molecule has 2 aromatic rings. The van der Waals surface area contributed by atoms with Crippen molar-refractivity contribution < 1.29 is 9.72 Å². The number of nitrogens with zero attached hydrogens (tertiary/aromatic N) is 1. The molecule has 0 aromatic heterocycles. The van der Waals surface area contributed by atoms with Crippen LogP contribution in [0.15, 0.2) is 42.5 Å². The van der Waals surface area contributed by atoms with Crippen LogP contribution in [0.1, 0.15) is 21.5 Å². The minimum absolute atomic E-state index is 0.125. The van der Waals surface area contributed by atoms with Crippen LogP contribution in [0.2, 0.25) is 0 Å². The number of nitro benzene ring substituents is 1. The molecule has 26 heavy (non-hydrogen) atoms. The van der Waals surface area contributed by atoms with Gasteiger partial charge in [-0.05, 0) is 37.1 Å². The molecule has 1 amide bonds. The molecule has 138 valence electrons. The van der Waals surface area contributed by atoms with Gasteiger partial charge in [0.15, 0.2) is 0 Å². The van der Waals surface area contributed by atoms with Crippen molar-refractivity contribution in [1.82, 2.24) is 5.32 Å². The summed E-state index contributed by atoms with van der Waals surface area (Å²) in [6.07, 6.45) is -1.11. The fourth-order valence-electron chi connectivity index (χ4n) is 2.28. The molecule has 2 N–H and O–H groups in total. The van der Waals surface area contributed by atoms with Crippen LogP contribution in [-0.2, 0) is 0 Å². The first-order valence-electron chi connectivity index (χ1n) is 7.54. The van der Waals surface area contributed by atoms with Gasteiger partial charge >= 0.3 is 0 Å². The van der Waals surface area contributed by atoms with Crippen molar-refractivity contribution in [3.8, 4) is 0 Å². The van der Waals surface area contributed by atoms with Crippen molar-refractivity contribution in [1.29, 1.82) is 0 Å². The number of benzene rings is 2. The zero-order valence-electron chi connectivity index (χ0n) is 13.9. The molecular weight excluding hydrogens is 401 g/mol. The number of amides is 1. The van der Waals surface area contributed by atoms with Crippen LogP contribution in [-0.4, -0.2) is 20.8 Å². The SMILES string of the molecule is Cc1ccc(C)c(N[C@@H](NC(=O)c2ccccc2[N+](=O)[O-])C(Cl)(Cl)Cl)c1. The fourth-order valence-corrected chi connectivity index (χ4v) is 2.61. The maximum atomic E-state index is 12.5. The van der Waals surface area contributed by atoms with E-state index in [1.165, 1.54) is 24.3 Å². The van der Waals surface area contributed by atoms with Gasteiger partial charge in [0.1, 0.15) is 11.7 Å². The van der Waals surface area contributed by atoms with E-state index < -0.39 is 20.8 Å². The summed E-state index contributed by atoms with van der Waals surface area (Å²) in [6.45, 7) is 3.77. The summed E-state index contributed by atoms with van der Waals surface area (Å²) in [5.41, 5.74) is 2.07. The average molecular weight is 417 g/mol. The summed E-state index contributed by atoms with van der Waals surface area (Å²) in [5.74, 6) is -0.730. The number of carbonyl (C=O) groups excluding carboxylic acids is 1. The molecule has 0 aliphatic carbocycles. The standard InChI is InChI=1S/C17H16Cl3N3O3/c1-10-7-8-11(2)13(9-10)21-16(17(18,19)20)22-15(24)12-5-3-4-6-14(12)23(25)26/h3-9,16,21H,1-2H3,(H,22,24)/t16-/m0/s1. The van der Waals surface area contributed by atoms with E-state index >= 15 is 0 Å². The Kier molecular flexibility index (Phi) is 6.34. The van der Waals surface area contributed by atoms with Gasteiger partial charge in [-0.2, -0.15) is 0 Å². The van der Waals surface area contributed by atoms with Gasteiger partial charge in [-0.25, -0.2) is 0 Å². The molecular formula is C17H16Cl3N3O3. The van der Waals surface area contributed by atoms with Crippen LogP contribution in [0.3, 0.4) is 0 Å². The predicted molar refractivity (Wildman–Crippen MR) is 104 cm³/mol. The van der Waals surface area contributed by atoms with Crippen LogP contribution < -0.4 is 10.6 Å². The molecule has 0 unspecified atom stereocenters. The van der Waals surface area contributed by atoms with Gasteiger partial charge in [0.05, 0.1) is 4.92 Å². The van der Waals surface area contributed by atoms with E-state index in [9.17, 15) is 14.9 Å². The maximum Gasteiger partial charge on any atom is 0.282 e. The van der Waals surface area contributed by atoms with E-state index in [4.69, 9.17) is 34.8 Å². The van der Waals surface area contributed by atoms with Gasteiger partial charge in [0.25, 0.3) is 11.6 Å². The molecule has 2 rings (SSSR count). The van der Waals surface area contributed by atoms with Crippen molar-refractivity contribution in [2.75, 3.05) is 5.32 Å². The number of halogens is 3. The third-order valence-electron chi connectivity index (χ3n) is 3.64. The van der Waals surface area contributed by atoms with Crippen LogP contribution in [0.5, 0.6) is 0 Å². The van der Waals surface area contributed by atoms with Crippen molar-refractivity contribution >= 4 is 52.1 Å². The Labute approximate surface area is 165 Å². The van der Waals surface area contributed by atoms with Crippen molar-refractivity contribution in [3.63, 3.8) is 0 Å². The highest BCUT2D eigenvalue weighted by molar-refractivity contribution is 6.68. The lowest BCUT2D eigenvalue weighted by Gasteiger charge is -2.28. The smallest absolute Gasteiger partial charge is 0.282 e. The monoisotopic (exact) mass is 415 g/mol. The lowest BCUT2D eigenvalue weighted by atomic mass is 10.1. The number of nitro groups is 1. The van der Waals surface area contributed by atoms with Crippen LogP contribution in [0.4, 0.5) is 11.4 Å². The van der Waals surface area contributed by atoms with E-state index in [2.05, 4.69) is 10.6 Å². The largest absolute Gasteiger partial charge is 0.362 e. The molecule has 0 aliphatic rings. The van der Waals surface area contributed by atoms with Gasteiger partial charge in [0, 0.05) is 11.8 Å². The molecule has 0 aliphatic heterocycles. The highest BCUT2D eigenvalue weighted by atomic mass is 35.6. The Hall–Kier alpha value is -2.02. The molecule has 1 atom stereocenters. The van der Waals surface area contributed by atoms with Crippen molar-refractivity contribution in [2.24, 2.45) is 0 Å². The second-order valence-corrected chi connectivity index (χ2v) is 8.05. The number of hydrogen-bond donors (Lipinski definition) is 2. The molecule has 0 heterocycles. The minimum atomic E-state index is -1.89. The van der Waals surface area contributed by atoms with E-state index in [1.807, 2.05) is 32.0 Å². The zero-order valence-corrected chi connectivity index (χ0v) is 16.2. The normalized spacial score (nSPS) is 12.3. The molecule has 0 spiro atoms. The first-order valence-corrected chi connectivity index (χ1v) is 8.68. The highest BCUT2D eigenvalue weighted by Gasteiger charge is 2.35. The Morgan fingerprint density at radius 3 is 2.42 bits per heavy atom. The molecule has 0 bridgehead atoms. The number of hydrogen-bond acceptors (Lipinski definition) is 4. The number of aryl methyl sites for hydroxylation is 2. The molecule has 0 saturated carbocycles. The third-order valence-corrected chi connectivity index (χ3v) is 4.30. The Bertz CT molecular complexity index is 837. The van der Waals surface area contributed by atoms with Crippen LogP contribution in [0.25, 0.3) is 0 Å². The average Bonchev–Trinajstić information content (AvgIpc) is 2.56. The van der Waals surface area contributed by atoms with E-state index in [-0.39, 0.29) is 11.3 Å². The van der Waals surface area contributed by atoms with Crippen LogP contribution >= 0.6 is 34.8 Å². The summed E-state index contributed by atoms with van der Waals surface area (Å²) in [7, 11) is 0. The summed E-state index contributed by atoms with van der Waals surface area (Å²) < 4.78 is -1.89. The Morgan fingerprint density at radius 1 is 1.15 bits per heavy atom. The van der Waals surface area contributed by atoms with E-state index in [1.54, 1.807) is 0 Å². The second kappa shape index (κ2) is 8.12. The number of alkyl halides is 3. The molecule has 6 nitrogen and oxygen atoms in total. The maximum absolute atomic E-state index is 12.5. The number of anilines is 1. The number of rotatable bonds is 5. The van der Waals surface area contributed by atoms with Crippen LogP contribution in [0, 0.1) is 24.0 Å². The van der Waals surface area contributed by atoms with Gasteiger partial charge in [-0.1, -0.05) is 59.1 Å². The topological polar surface area (TPSA) is 84.3 Å². The van der Waals surface area contributed by atoms with Crippen molar-refractivity contribution in [3.05, 3.63) is 69.3 Å². The van der Waals surface area contributed by atoms with Crippen molar-refractivity contribution in [2.45, 2.75) is 23.8 Å². The summed E-state index contributed by atoms with van der Waals surface area (Å²) in [4.78, 5) is 23.0. The van der Waals surface area contributed by atoms with Gasteiger partial charge in [-0.3, -0.25) is 14.9 Å². The molecule has 2 aromatic carbocycles. The quantitative estimate of drug-likeness (QED) is 0.319. The summed E-state index contributed by atoms with van der Waals surface area (Å²) in [5, 5.41) is 16.6. The minimum Gasteiger partial charge on any atom is -0.362 e. The zero-order chi connectivity index (χ0) is 19.5. The molecule has 0 saturated heterocycles. The number of para-hydroxylation sites is 1. The fraction of sp³-hybridized carbons (Fsp3) is 0.235. The Balaban J connectivity index is 2.31. The lowest BCUT2D eigenvalue weighted by molar-refractivity contribution is -0.385.